The van der Waals surface area contributed by atoms with Crippen LogP contribution in [0, 0.1) is 11.3 Å². The second-order valence-electron chi connectivity index (χ2n) is 5.30. The molecular formula is C13H21N5O. The molecule has 0 aromatic carbocycles. The molecule has 1 aromatic rings. The first kappa shape index (κ1) is 13.6. The van der Waals surface area contributed by atoms with E-state index >= 15 is 0 Å². The molecule has 2 heterocycles. The number of hydrogen-bond acceptors (Lipinski definition) is 3. The van der Waals surface area contributed by atoms with Crippen LogP contribution in [0.15, 0.2) is 12.5 Å². The van der Waals surface area contributed by atoms with Gasteiger partial charge in [-0.25, -0.2) is 9.78 Å². The third-order valence-electron chi connectivity index (χ3n) is 3.14. The molecule has 1 aliphatic rings. The summed E-state index contributed by atoms with van der Waals surface area (Å²) in [6.45, 7) is 7.71. The van der Waals surface area contributed by atoms with Gasteiger partial charge >= 0.3 is 6.03 Å². The van der Waals surface area contributed by atoms with Gasteiger partial charge in [0.15, 0.2) is 0 Å². The van der Waals surface area contributed by atoms with E-state index < -0.39 is 0 Å². The van der Waals surface area contributed by atoms with E-state index in [1.807, 2.05) is 4.57 Å². The molecule has 6 nitrogen and oxygen atoms in total. The molecule has 1 aromatic heterocycles. The minimum atomic E-state index is -0.330. The van der Waals surface area contributed by atoms with Crippen molar-refractivity contribution >= 4 is 11.9 Å². The van der Waals surface area contributed by atoms with Crippen LogP contribution in [0.25, 0.3) is 0 Å². The predicted octanol–water partition coefficient (Wildman–Crippen LogP) is 1.99. The van der Waals surface area contributed by atoms with Gasteiger partial charge in [-0.15, -0.1) is 0 Å². The number of amides is 2. The highest BCUT2D eigenvalue weighted by atomic mass is 16.2. The van der Waals surface area contributed by atoms with E-state index in [0.29, 0.717) is 12.5 Å². The number of aromatic nitrogens is 2. The highest BCUT2D eigenvalue weighted by Gasteiger charge is 2.38. The molecule has 0 aliphatic carbocycles. The van der Waals surface area contributed by atoms with E-state index in [-0.39, 0.29) is 17.9 Å². The Labute approximate surface area is 113 Å². The summed E-state index contributed by atoms with van der Waals surface area (Å²) in [6, 6.07) is -0.517. The summed E-state index contributed by atoms with van der Waals surface area (Å²) >= 11 is 0. The Kier molecular flexibility index (Phi) is 3.87. The van der Waals surface area contributed by atoms with Crippen LogP contribution in [-0.2, 0) is 6.54 Å². The fourth-order valence-electron chi connectivity index (χ4n) is 2.40. The molecule has 1 saturated heterocycles. The highest BCUT2D eigenvalue weighted by Crippen LogP contribution is 2.26. The molecule has 1 fully saturated rings. The van der Waals surface area contributed by atoms with Crippen molar-refractivity contribution in [3.8, 4) is 0 Å². The van der Waals surface area contributed by atoms with Crippen LogP contribution in [0.2, 0.25) is 0 Å². The summed E-state index contributed by atoms with van der Waals surface area (Å²) in [5.41, 5.74) is 0.908. The molecule has 0 radical (unpaired) electrons. The van der Waals surface area contributed by atoms with E-state index in [1.165, 1.54) is 0 Å². The number of nitrogens with one attached hydrogen (secondary N) is 2. The summed E-state index contributed by atoms with van der Waals surface area (Å²) in [7, 11) is 0. The zero-order chi connectivity index (χ0) is 14.0. The fraction of sp³-hybridized carbons (Fsp3) is 0.615. The van der Waals surface area contributed by atoms with E-state index in [2.05, 4.69) is 31.1 Å². The lowest BCUT2D eigenvalue weighted by Crippen LogP contribution is -2.33. The highest BCUT2D eigenvalue weighted by molar-refractivity contribution is 6.05. The molecular weight excluding hydrogens is 242 g/mol. The number of aryl methyl sites for hydroxylation is 1. The van der Waals surface area contributed by atoms with E-state index in [9.17, 15) is 4.79 Å². The number of imidazole rings is 1. The fourth-order valence-corrected chi connectivity index (χ4v) is 2.40. The first-order valence-electron chi connectivity index (χ1n) is 6.70. The summed E-state index contributed by atoms with van der Waals surface area (Å²) in [5, 5.41) is 10.6. The molecule has 1 atom stereocenters. The van der Waals surface area contributed by atoms with Crippen molar-refractivity contribution in [2.45, 2.75) is 39.8 Å². The van der Waals surface area contributed by atoms with Gasteiger partial charge in [-0.2, -0.15) is 0 Å². The molecule has 2 N–H and O–H groups in total. The lowest BCUT2D eigenvalue weighted by molar-refractivity contribution is 0.196. The van der Waals surface area contributed by atoms with Crippen molar-refractivity contribution < 1.29 is 4.79 Å². The molecule has 2 amide bonds. The average Bonchev–Trinajstić information content (AvgIpc) is 2.85. The van der Waals surface area contributed by atoms with Crippen LogP contribution < -0.4 is 5.32 Å². The smallest absolute Gasteiger partial charge is 0.323 e. The maximum absolute atomic E-state index is 11.9. The Morgan fingerprint density at radius 2 is 2.26 bits per heavy atom. The van der Waals surface area contributed by atoms with Crippen molar-refractivity contribution in [2.75, 3.05) is 6.54 Å². The van der Waals surface area contributed by atoms with Gasteiger partial charge in [0, 0.05) is 13.1 Å². The molecule has 2 rings (SSSR count). The zero-order valence-corrected chi connectivity index (χ0v) is 11.7. The van der Waals surface area contributed by atoms with Gasteiger partial charge in [0.2, 0.25) is 0 Å². The van der Waals surface area contributed by atoms with Crippen molar-refractivity contribution in [2.24, 2.45) is 5.92 Å². The largest absolute Gasteiger partial charge is 0.332 e. The number of urea groups is 1. The molecule has 1 aliphatic heterocycles. The molecule has 19 heavy (non-hydrogen) atoms. The van der Waals surface area contributed by atoms with E-state index in [1.54, 1.807) is 17.4 Å². The number of rotatable bonds is 5. The number of hydrogen-bond donors (Lipinski definition) is 2. The SMILES string of the molecule is CCCn1cncc1C1C(=N)NC(=O)N1CC(C)C. The van der Waals surface area contributed by atoms with E-state index in [0.717, 1.165) is 18.7 Å². The van der Waals surface area contributed by atoms with Crippen LogP contribution in [0.1, 0.15) is 38.9 Å². The van der Waals surface area contributed by atoms with Gasteiger partial charge in [0.25, 0.3) is 0 Å². The van der Waals surface area contributed by atoms with Gasteiger partial charge in [-0.05, 0) is 12.3 Å². The molecule has 1 unspecified atom stereocenters. The number of carbonyl (C=O) groups excluding carboxylic acids is 1. The molecule has 0 bridgehead atoms. The zero-order valence-electron chi connectivity index (χ0n) is 11.7. The topological polar surface area (TPSA) is 74.0 Å². The summed E-state index contributed by atoms with van der Waals surface area (Å²) < 4.78 is 2.02. The molecule has 6 heteroatoms. The second-order valence-corrected chi connectivity index (χ2v) is 5.30. The monoisotopic (exact) mass is 263 g/mol. The van der Waals surface area contributed by atoms with Crippen LogP contribution in [0.4, 0.5) is 4.79 Å². The lowest BCUT2D eigenvalue weighted by atomic mass is 10.1. The van der Waals surface area contributed by atoms with Gasteiger partial charge in [-0.3, -0.25) is 10.7 Å². The Hall–Kier alpha value is -1.85. The van der Waals surface area contributed by atoms with Crippen molar-refractivity contribution in [3.63, 3.8) is 0 Å². The summed E-state index contributed by atoms with van der Waals surface area (Å²) in [6.07, 6.45) is 4.51. The maximum atomic E-state index is 11.9. The average molecular weight is 263 g/mol. The maximum Gasteiger partial charge on any atom is 0.323 e. The van der Waals surface area contributed by atoms with Crippen molar-refractivity contribution in [1.82, 2.24) is 19.8 Å². The van der Waals surface area contributed by atoms with Crippen molar-refractivity contribution in [1.29, 1.82) is 5.41 Å². The number of carbonyl (C=O) groups is 1. The Morgan fingerprint density at radius 1 is 1.53 bits per heavy atom. The Bertz CT molecular complexity index is 479. The van der Waals surface area contributed by atoms with Crippen molar-refractivity contribution in [3.05, 3.63) is 18.2 Å². The van der Waals surface area contributed by atoms with Crippen LogP contribution in [-0.4, -0.2) is 32.9 Å². The van der Waals surface area contributed by atoms with Crippen LogP contribution >= 0.6 is 0 Å². The lowest BCUT2D eigenvalue weighted by Gasteiger charge is -2.25. The van der Waals surface area contributed by atoms with Gasteiger partial charge in [0.05, 0.1) is 18.2 Å². The van der Waals surface area contributed by atoms with Gasteiger partial charge < -0.3 is 9.47 Å². The summed E-state index contributed by atoms with van der Waals surface area (Å²) in [4.78, 5) is 17.8. The molecule has 0 spiro atoms. The standard InChI is InChI=1S/C13H21N5O/c1-4-5-17-8-15-6-10(17)11-12(14)16-13(19)18(11)7-9(2)3/h6,8-9,11H,4-5,7H2,1-3H3,(H2,14,16,19). The predicted molar refractivity (Wildman–Crippen MR) is 73.1 cm³/mol. The summed E-state index contributed by atoms with van der Waals surface area (Å²) in [5.74, 6) is 0.602. The Balaban J connectivity index is 2.31. The van der Waals surface area contributed by atoms with Gasteiger partial charge in [-0.1, -0.05) is 20.8 Å². The number of nitrogens with zero attached hydrogens (tertiary/aromatic N) is 3. The first-order valence-corrected chi connectivity index (χ1v) is 6.70. The molecule has 0 saturated carbocycles. The van der Waals surface area contributed by atoms with Crippen LogP contribution in [0.5, 0.6) is 0 Å². The quantitative estimate of drug-likeness (QED) is 0.852. The van der Waals surface area contributed by atoms with E-state index in [4.69, 9.17) is 5.41 Å². The normalized spacial score (nSPS) is 19.4. The first-order chi connectivity index (χ1) is 9.04. The minimum absolute atomic E-state index is 0.187. The van der Waals surface area contributed by atoms with Gasteiger partial charge in [0.1, 0.15) is 11.9 Å². The number of amidine groups is 1. The molecule has 104 valence electrons. The Morgan fingerprint density at radius 3 is 2.89 bits per heavy atom. The minimum Gasteiger partial charge on any atom is -0.332 e. The third-order valence-corrected chi connectivity index (χ3v) is 3.14. The van der Waals surface area contributed by atoms with Crippen LogP contribution in [0.3, 0.4) is 0 Å². The second kappa shape index (κ2) is 5.42. The third kappa shape index (κ3) is 2.62.